The fraction of sp³-hybridized carbons (Fsp3) is 0.632. The molecule has 0 spiro atoms. The van der Waals surface area contributed by atoms with E-state index in [1.165, 1.54) is 31.4 Å². The Morgan fingerprint density at radius 2 is 2.12 bits per heavy atom. The summed E-state index contributed by atoms with van der Waals surface area (Å²) in [6, 6.07) is 3.24. The summed E-state index contributed by atoms with van der Waals surface area (Å²) in [5.41, 5.74) is 0.765. The number of phenols is 1. The van der Waals surface area contributed by atoms with E-state index in [0.29, 0.717) is 23.1 Å². The molecule has 2 bridgehead atoms. The molecule has 0 saturated heterocycles. The average Bonchev–Trinajstić information content (AvgIpc) is 3.16. The van der Waals surface area contributed by atoms with Gasteiger partial charge in [-0.2, -0.15) is 0 Å². The minimum Gasteiger partial charge on any atom is -0.507 e. The van der Waals surface area contributed by atoms with Crippen LogP contribution in [-0.4, -0.2) is 22.3 Å². The highest BCUT2D eigenvalue weighted by Gasteiger charge is 2.39. The van der Waals surface area contributed by atoms with Crippen LogP contribution in [0.1, 0.15) is 64.0 Å². The van der Waals surface area contributed by atoms with Gasteiger partial charge >= 0.3 is 0 Å². The van der Waals surface area contributed by atoms with Crippen LogP contribution in [0.2, 0.25) is 0 Å². The second kappa shape index (κ2) is 6.19. The lowest BCUT2D eigenvalue weighted by atomic mass is 9.80. The monoisotopic (exact) mass is 330 g/mol. The number of benzene rings is 1. The Morgan fingerprint density at radius 3 is 2.67 bits per heavy atom. The van der Waals surface area contributed by atoms with Crippen LogP contribution in [0.3, 0.4) is 0 Å². The highest BCUT2D eigenvalue weighted by molar-refractivity contribution is 5.86. The first-order chi connectivity index (χ1) is 11.3. The second-order valence-electron chi connectivity index (χ2n) is 7.95. The van der Waals surface area contributed by atoms with Gasteiger partial charge in [0, 0.05) is 29.5 Å². The van der Waals surface area contributed by atoms with Crippen molar-refractivity contribution in [3.63, 3.8) is 0 Å². The first kappa shape index (κ1) is 16.9. The van der Waals surface area contributed by atoms with E-state index in [-0.39, 0.29) is 16.9 Å². The van der Waals surface area contributed by atoms with Gasteiger partial charge in [0.25, 0.3) is 5.69 Å². The Labute approximate surface area is 143 Å². The molecule has 130 valence electrons. The van der Waals surface area contributed by atoms with Crippen molar-refractivity contribution in [1.82, 2.24) is 0 Å². The minimum atomic E-state index is -0.399. The number of non-ortho nitro benzene ring substituents is 1. The predicted molar refractivity (Wildman–Crippen MR) is 94.9 cm³/mol. The lowest BCUT2D eigenvalue weighted by molar-refractivity contribution is -0.385. The quantitative estimate of drug-likeness (QED) is 0.487. The van der Waals surface area contributed by atoms with Crippen molar-refractivity contribution < 1.29 is 10.0 Å². The number of aromatic hydroxyl groups is 1. The van der Waals surface area contributed by atoms with Gasteiger partial charge in [0.1, 0.15) is 5.75 Å². The zero-order valence-electron chi connectivity index (χ0n) is 14.7. The third kappa shape index (κ3) is 3.04. The molecule has 0 amide bonds. The van der Waals surface area contributed by atoms with Crippen LogP contribution in [0.25, 0.3) is 0 Å². The molecule has 2 aliphatic carbocycles. The van der Waals surface area contributed by atoms with Gasteiger partial charge in [-0.1, -0.05) is 27.2 Å². The molecule has 1 N–H and O–H groups in total. The van der Waals surface area contributed by atoms with Crippen molar-refractivity contribution in [2.75, 3.05) is 0 Å². The Morgan fingerprint density at radius 1 is 1.38 bits per heavy atom. The van der Waals surface area contributed by atoms with Crippen LogP contribution in [0.4, 0.5) is 5.69 Å². The lowest BCUT2D eigenvalue weighted by Crippen LogP contribution is -2.17. The molecule has 3 atom stereocenters. The molecule has 0 aliphatic heterocycles. The highest BCUT2D eigenvalue weighted by atomic mass is 16.6. The molecule has 24 heavy (non-hydrogen) atoms. The number of hydrogen-bond acceptors (Lipinski definition) is 4. The normalized spacial score (nSPS) is 26.4. The van der Waals surface area contributed by atoms with E-state index in [1.54, 1.807) is 6.21 Å². The molecule has 5 heteroatoms. The Balaban J connectivity index is 1.95. The SMILES string of the molecule is CCC(C)(C)c1cc([N+](=O)[O-])cc(C=NC2CC3CCC2C3)c1O. The van der Waals surface area contributed by atoms with Gasteiger partial charge in [0.15, 0.2) is 0 Å². The van der Waals surface area contributed by atoms with Crippen molar-refractivity contribution in [3.05, 3.63) is 33.4 Å². The highest BCUT2D eigenvalue weighted by Crippen LogP contribution is 2.46. The summed E-state index contributed by atoms with van der Waals surface area (Å²) in [6.07, 6.45) is 7.37. The lowest BCUT2D eigenvalue weighted by Gasteiger charge is -2.25. The number of nitrogens with zero attached hydrogens (tertiary/aromatic N) is 2. The van der Waals surface area contributed by atoms with Gasteiger partial charge in [-0.15, -0.1) is 0 Å². The number of rotatable bonds is 5. The molecule has 3 unspecified atom stereocenters. The zero-order valence-corrected chi connectivity index (χ0v) is 14.7. The molecule has 2 fully saturated rings. The van der Waals surface area contributed by atoms with Crippen molar-refractivity contribution in [2.45, 2.75) is 64.3 Å². The number of nitro benzene ring substituents is 1. The third-order valence-electron chi connectivity index (χ3n) is 6.05. The standard InChI is InChI=1S/C19H26N2O3/c1-4-19(2,3)16-10-15(21(23)24)9-14(18(16)22)11-20-17-8-12-5-6-13(17)7-12/h9-13,17,22H,4-8H2,1-3H3. The van der Waals surface area contributed by atoms with Crippen molar-refractivity contribution in [3.8, 4) is 5.75 Å². The van der Waals surface area contributed by atoms with E-state index < -0.39 is 4.92 Å². The van der Waals surface area contributed by atoms with E-state index in [0.717, 1.165) is 18.8 Å². The third-order valence-corrected chi connectivity index (χ3v) is 6.05. The molecule has 1 aromatic rings. The van der Waals surface area contributed by atoms with Crippen LogP contribution >= 0.6 is 0 Å². The van der Waals surface area contributed by atoms with Gasteiger partial charge in [-0.05, 0) is 42.9 Å². The van der Waals surface area contributed by atoms with Gasteiger partial charge in [-0.25, -0.2) is 0 Å². The van der Waals surface area contributed by atoms with Crippen LogP contribution in [0.5, 0.6) is 5.75 Å². The molecule has 2 aliphatic rings. The van der Waals surface area contributed by atoms with E-state index in [4.69, 9.17) is 0 Å². The van der Waals surface area contributed by atoms with E-state index in [2.05, 4.69) is 4.99 Å². The number of phenolic OH excluding ortho intramolecular Hbond substituents is 1. The minimum absolute atomic E-state index is 0.0127. The molecule has 0 radical (unpaired) electrons. The molecule has 0 aromatic heterocycles. The molecule has 0 heterocycles. The first-order valence-electron chi connectivity index (χ1n) is 8.87. The van der Waals surface area contributed by atoms with Crippen LogP contribution in [-0.2, 0) is 5.41 Å². The summed E-state index contributed by atoms with van der Waals surface area (Å²) in [5.74, 6) is 1.57. The van der Waals surface area contributed by atoms with E-state index in [1.807, 2.05) is 20.8 Å². The molecular formula is C19H26N2O3. The summed E-state index contributed by atoms with van der Waals surface area (Å²) in [4.78, 5) is 15.6. The number of fused-ring (bicyclic) bond motifs is 2. The molecular weight excluding hydrogens is 304 g/mol. The Bertz CT molecular complexity index is 681. The fourth-order valence-corrected chi connectivity index (χ4v) is 4.12. The summed E-state index contributed by atoms with van der Waals surface area (Å²) in [7, 11) is 0. The number of nitro groups is 1. The Hall–Kier alpha value is -1.91. The summed E-state index contributed by atoms with van der Waals surface area (Å²) >= 11 is 0. The zero-order chi connectivity index (χ0) is 17.5. The number of aliphatic imine (C=N–C) groups is 1. The van der Waals surface area contributed by atoms with Gasteiger partial charge < -0.3 is 5.11 Å². The van der Waals surface area contributed by atoms with E-state index >= 15 is 0 Å². The predicted octanol–water partition coefficient (Wildman–Crippen LogP) is 4.60. The molecule has 3 rings (SSSR count). The van der Waals surface area contributed by atoms with Gasteiger partial charge in [0.2, 0.25) is 0 Å². The second-order valence-corrected chi connectivity index (χ2v) is 7.95. The smallest absolute Gasteiger partial charge is 0.270 e. The topological polar surface area (TPSA) is 75.7 Å². The Kier molecular flexibility index (Phi) is 4.37. The van der Waals surface area contributed by atoms with Crippen LogP contribution in [0, 0.1) is 22.0 Å². The largest absolute Gasteiger partial charge is 0.507 e. The fourth-order valence-electron chi connectivity index (χ4n) is 4.12. The van der Waals surface area contributed by atoms with Crippen molar-refractivity contribution in [2.24, 2.45) is 16.8 Å². The molecule has 1 aromatic carbocycles. The van der Waals surface area contributed by atoms with Gasteiger partial charge in [-0.3, -0.25) is 15.1 Å². The van der Waals surface area contributed by atoms with Crippen LogP contribution in [0.15, 0.2) is 17.1 Å². The molecule has 2 saturated carbocycles. The summed E-state index contributed by atoms with van der Waals surface area (Å²) in [5, 5.41) is 21.9. The van der Waals surface area contributed by atoms with Gasteiger partial charge in [0.05, 0.1) is 11.0 Å². The maximum Gasteiger partial charge on any atom is 0.270 e. The van der Waals surface area contributed by atoms with Crippen LogP contribution < -0.4 is 0 Å². The first-order valence-corrected chi connectivity index (χ1v) is 8.87. The summed E-state index contributed by atoms with van der Waals surface area (Å²) in [6.45, 7) is 5.99. The average molecular weight is 330 g/mol. The van der Waals surface area contributed by atoms with E-state index in [9.17, 15) is 15.2 Å². The van der Waals surface area contributed by atoms with Crippen molar-refractivity contribution in [1.29, 1.82) is 0 Å². The summed E-state index contributed by atoms with van der Waals surface area (Å²) < 4.78 is 0. The number of hydrogen-bond donors (Lipinski definition) is 1. The maximum absolute atomic E-state index is 11.3. The van der Waals surface area contributed by atoms with Crippen molar-refractivity contribution >= 4 is 11.9 Å². The maximum atomic E-state index is 11.3. The molecule has 5 nitrogen and oxygen atoms in total.